The Morgan fingerprint density at radius 1 is 1.67 bits per heavy atom. The molecular weight excluding hydrogens is 172 g/mol. The van der Waals surface area contributed by atoms with Gasteiger partial charge in [0.25, 0.3) is 0 Å². The molecule has 1 rings (SSSR count). The largest absolute Gasteiger partial charge is 0.395 e. The molecule has 0 spiro atoms. The molecule has 0 aliphatic rings. The molecule has 0 atom stereocenters. The summed E-state index contributed by atoms with van der Waals surface area (Å²) in [5.41, 5.74) is 1.07. The maximum atomic E-state index is 8.52. The maximum Gasteiger partial charge on any atom is 0.0926 e. The van der Waals surface area contributed by atoms with E-state index in [0.29, 0.717) is 6.54 Å². The van der Waals surface area contributed by atoms with Crippen LogP contribution in [-0.4, -0.2) is 23.2 Å². The second-order valence-corrected chi connectivity index (χ2v) is 3.43. The first-order valence-corrected chi connectivity index (χ1v) is 4.99. The lowest BCUT2D eigenvalue weighted by Crippen LogP contribution is -2.17. The fourth-order valence-corrected chi connectivity index (χ4v) is 1.63. The van der Waals surface area contributed by atoms with Gasteiger partial charge in [0.2, 0.25) is 0 Å². The number of nitrogens with one attached hydrogen (secondary N) is 1. The summed E-state index contributed by atoms with van der Waals surface area (Å²) in [7, 11) is 0. The quantitative estimate of drug-likeness (QED) is 0.668. The van der Waals surface area contributed by atoms with Crippen LogP contribution in [0.3, 0.4) is 0 Å². The minimum Gasteiger partial charge on any atom is -0.395 e. The summed E-state index contributed by atoms with van der Waals surface area (Å²) in [6.07, 6.45) is 1.00. The van der Waals surface area contributed by atoms with E-state index in [9.17, 15) is 0 Å². The average molecular weight is 186 g/mol. The molecule has 1 aromatic rings. The molecule has 0 saturated carbocycles. The van der Waals surface area contributed by atoms with Gasteiger partial charge in [0.05, 0.1) is 17.3 Å². The third-order valence-corrected chi connectivity index (χ3v) is 2.54. The Bertz CT molecular complexity index is 225. The number of hydrogen-bond donors (Lipinski definition) is 2. The zero-order valence-corrected chi connectivity index (χ0v) is 8.02. The Morgan fingerprint density at radius 2 is 2.50 bits per heavy atom. The average Bonchev–Trinajstić information content (AvgIpc) is 2.53. The Hall–Kier alpha value is -0.450. The molecular formula is C8H14N2OS. The number of hydrogen-bond acceptors (Lipinski definition) is 4. The van der Waals surface area contributed by atoms with E-state index in [-0.39, 0.29) is 6.61 Å². The fraction of sp³-hybridized carbons (Fsp3) is 0.625. The van der Waals surface area contributed by atoms with E-state index in [4.69, 9.17) is 5.11 Å². The van der Waals surface area contributed by atoms with Gasteiger partial charge in [0.15, 0.2) is 0 Å². The molecule has 12 heavy (non-hydrogen) atoms. The van der Waals surface area contributed by atoms with Crippen molar-refractivity contribution in [2.24, 2.45) is 0 Å². The number of rotatable bonds is 5. The summed E-state index contributed by atoms with van der Waals surface area (Å²) < 4.78 is 0. The van der Waals surface area contributed by atoms with Crippen LogP contribution >= 0.6 is 11.3 Å². The Kier molecular flexibility index (Phi) is 4.21. The molecule has 3 nitrogen and oxygen atoms in total. The summed E-state index contributed by atoms with van der Waals surface area (Å²) >= 11 is 1.69. The monoisotopic (exact) mass is 186 g/mol. The molecule has 1 aromatic heterocycles. The Balaban J connectivity index is 2.31. The molecule has 0 fully saturated rings. The highest BCUT2D eigenvalue weighted by molar-refractivity contribution is 7.09. The summed E-state index contributed by atoms with van der Waals surface area (Å²) in [6.45, 7) is 3.69. The molecule has 1 heterocycles. The van der Waals surface area contributed by atoms with Crippen LogP contribution in [0.1, 0.15) is 17.6 Å². The Labute approximate surface area is 76.5 Å². The molecule has 0 amide bonds. The highest BCUT2D eigenvalue weighted by Gasteiger charge is 1.98. The zero-order chi connectivity index (χ0) is 8.81. The number of aliphatic hydroxyl groups excluding tert-OH is 1. The Morgan fingerprint density at radius 3 is 3.08 bits per heavy atom. The van der Waals surface area contributed by atoms with Gasteiger partial charge in [-0.3, -0.25) is 0 Å². The van der Waals surface area contributed by atoms with Crippen molar-refractivity contribution in [1.29, 1.82) is 0 Å². The first kappa shape index (κ1) is 9.64. The topological polar surface area (TPSA) is 45.2 Å². The molecule has 0 aliphatic heterocycles. The van der Waals surface area contributed by atoms with Crippen molar-refractivity contribution in [3.8, 4) is 0 Å². The van der Waals surface area contributed by atoms with Gasteiger partial charge in [0, 0.05) is 18.5 Å². The summed E-state index contributed by atoms with van der Waals surface area (Å²) in [4.78, 5) is 4.37. The summed E-state index contributed by atoms with van der Waals surface area (Å²) in [6, 6.07) is 0. The van der Waals surface area contributed by atoms with Crippen LogP contribution in [0.4, 0.5) is 0 Å². The number of nitrogens with zero attached hydrogens (tertiary/aromatic N) is 1. The first-order chi connectivity index (χ1) is 5.86. The number of aromatic nitrogens is 1. The molecule has 0 radical (unpaired) electrons. The van der Waals surface area contributed by atoms with E-state index in [0.717, 1.165) is 18.7 Å². The van der Waals surface area contributed by atoms with Gasteiger partial charge >= 0.3 is 0 Å². The zero-order valence-electron chi connectivity index (χ0n) is 7.21. The van der Waals surface area contributed by atoms with Gasteiger partial charge in [-0.05, 0) is 6.42 Å². The van der Waals surface area contributed by atoms with E-state index < -0.39 is 0 Å². The fourth-order valence-electron chi connectivity index (χ4n) is 0.888. The van der Waals surface area contributed by atoms with Crippen molar-refractivity contribution in [2.75, 3.05) is 13.2 Å². The standard InChI is InChI=1S/C8H14N2OS/c1-2-8-10-7(6-12-8)5-9-3-4-11/h6,9,11H,2-5H2,1H3. The first-order valence-electron chi connectivity index (χ1n) is 4.11. The molecule has 4 heteroatoms. The van der Waals surface area contributed by atoms with Crippen molar-refractivity contribution in [1.82, 2.24) is 10.3 Å². The molecule has 0 saturated heterocycles. The molecule has 2 N–H and O–H groups in total. The normalized spacial score (nSPS) is 10.5. The van der Waals surface area contributed by atoms with Crippen molar-refractivity contribution >= 4 is 11.3 Å². The predicted octanol–water partition coefficient (Wildman–Crippen LogP) is 0.787. The summed E-state index contributed by atoms with van der Waals surface area (Å²) in [5.74, 6) is 0. The van der Waals surface area contributed by atoms with Gasteiger partial charge in [0.1, 0.15) is 0 Å². The molecule has 0 bridgehead atoms. The van der Waals surface area contributed by atoms with Crippen molar-refractivity contribution in [3.05, 3.63) is 16.1 Å². The van der Waals surface area contributed by atoms with E-state index in [1.54, 1.807) is 11.3 Å². The van der Waals surface area contributed by atoms with Crippen LogP contribution in [0.2, 0.25) is 0 Å². The minimum absolute atomic E-state index is 0.185. The van der Waals surface area contributed by atoms with Crippen molar-refractivity contribution in [2.45, 2.75) is 19.9 Å². The SMILES string of the molecule is CCc1nc(CNCCO)cs1. The van der Waals surface area contributed by atoms with Crippen LogP contribution in [0.5, 0.6) is 0 Å². The van der Waals surface area contributed by atoms with Crippen LogP contribution in [0.25, 0.3) is 0 Å². The van der Waals surface area contributed by atoms with Gasteiger partial charge in [-0.25, -0.2) is 4.98 Å². The highest BCUT2D eigenvalue weighted by Crippen LogP contribution is 2.09. The minimum atomic E-state index is 0.185. The van der Waals surface area contributed by atoms with E-state index in [2.05, 4.69) is 22.6 Å². The third-order valence-electron chi connectivity index (χ3n) is 1.50. The lowest BCUT2D eigenvalue weighted by atomic mass is 10.4. The van der Waals surface area contributed by atoms with Crippen LogP contribution in [0, 0.1) is 0 Å². The van der Waals surface area contributed by atoms with E-state index in [1.807, 2.05) is 0 Å². The third kappa shape index (κ3) is 2.89. The predicted molar refractivity (Wildman–Crippen MR) is 50.3 cm³/mol. The van der Waals surface area contributed by atoms with Crippen LogP contribution in [-0.2, 0) is 13.0 Å². The molecule has 0 aliphatic carbocycles. The van der Waals surface area contributed by atoms with E-state index in [1.165, 1.54) is 5.01 Å². The van der Waals surface area contributed by atoms with Crippen LogP contribution < -0.4 is 5.32 Å². The number of aliphatic hydroxyl groups is 1. The highest BCUT2D eigenvalue weighted by atomic mass is 32.1. The van der Waals surface area contributed by atoms with Gasteiger partial charge in [-0.15, -0.1) is 11.3 Å². The van der Waals surface area contributed by atoms with Crippen molar-refractivity contribution in [3.63, 3.8) is 0 Å². The van der Waals surface area contributed by atoms with Crippen molar-refractivity contribution < 1.29 is 5.11 Å². The summed E-state index contributed by atoms with van der Waals surface area (Å²) in [5, 5.41) is 14.8. The molecule has 0 aromatic carbocycles. The lowest BCUT2D eigenvalue weighted by Gasteiger charge is -1.97. The maximum absolute atomic E-state index is 8.52. The molecule has 68 valence electrons. The number of thiazole rings is 1. The lowest BCUT2D eigenvalue weighted by molar-refractivity contribution is 0.291. The number of aryl methyl sites for hydroxylation is 1. The van der Waals surface area contributed by atoms with Crippen LogP contribution in [0.15, 0.2) is 5.38 Å². The van der Waals surface area contributed by atoms with Gasteiger partial charge < -0.3 is 10.4 Å². The smallest absolute Gasteiger partial charge is 0.0926 e. The van der Waals surface area contributed by atoms with Gasteiger partial charge in [-0.1, -0.05) is 6.92 Å². The molecule has 0 unspecified atom stereocenters. The second kappa shape index (κ2) is 5.24. The second-order valence-electron chi connectivity index (χ2n) is 2.49. The van der Waals surface area contributed by atoms with E-state index >= 15 is 0 Å². The van der Waals surface area contributed by atoms with Gasteiger partial charge in [-0.2, -0.15) is 0 Å².